The van der Waals surface area contributed by atoms with Gasteiger partial charge in [0.15, 0.2) is 0 Å². The molecule has 0 aliphatic carbocycles. The molecular weight excluding hydrogens is 293 g/mol. The van der Waals surface area contributed by atoms with Gasteiger partial charge < -0.3 is 4.74 Å². The number of hydrogen-bond donors (Lipinski definition) is 0. The fourth-order valence-electron chi connectivity index (χ4n) is 2.06. The van der Waals surface area contributed by atoms with Gasteiger partial charge in [-0.05, 0) is 35.2 Å². The molecule has 0 atom stereocenters. The van der Waals surface area contributed by atoms with Gasteiger partial charge in [-0.15, -0.1) is 0 Å². The Hall–Kier alpha value is -2.30. The lowest BCUT2D eigenvalue weighted by Gasteiger charge is -2.08. The number of ether oxygens (including phenoxy) is 1. The number of carbonyl (C=O) groups is 1. The molecule has 0 aromatic heterocycles. The first-order valence-electron chi connectivity index (χ1n) is 6.73. The van der Waals surface area contributed by atoms with E-state index in [1.165, 1.54) is 19.2 Å². The summed E-state index contributed by atoms with van der Waals surface area (Å²) >= 11 is 0. The lowest BCUT2D eigenvalue weighted by molar-refractivity contribution is -0.140. The van der Waals surface area contributed by atoms with Gasteiger partial charge in [-0.25, -0.2) is 0 Å². The molecule has 116 valence electrons. The zero-order valence-electron chi connectivity index (χ0n) is 12.0. The van der Waals surface area contributed by atoms with Crippen molar-refractivity contribution in [1.29, 1.82) is 0 Å². The largest absolute Gasteiger partial charge is 0.469 e. The Labute approximate surface area is 126 Å². The molecule has 5 heteroatoms. The standard InChI is InChI=1S/C17H15F3O2/c1-22-16(21)11-4-12-2-5-13(6-3-12)14-7-9-15(10-8-14)17(18,19)20/h2-3,5-10H,4,11H2,1H3. The van der Waals surface area contributed by atoms with Gasteiger partial charge in [0.05, 0.1) is 12.7 Å². The molecule has 2 nitrogen and oxygen atoms in total. The molecule has 0 spiro atoms. The molecule has 0 aliphatic rings. The Balaban J connectivity index is 2.08. The third kappa shape index (κ3) is 4.10. The third-order valence-corrected chi connectivity index (χ3v) is 3.34. The van der Waals surface area contributed by atoms with Crippen molar-refractivity contribution in [3.8, 4) is 11.1 Å². The first-order valence-corrected chi connectivity index (χ1v) is 6.73. The van der Waals surface area contributed by atoms with Crippen LogP contribution in [0.2, 0.25) is 0 Å². The lowest BCUT2D eigenvalue weighted by Crippen LogP contribution is -2.04. The second-order valence-corrected chi connectivity index (χ2v) is 4.85. The highest BCUT2D eigenvalue weighted by atomic mass is 19.4. The molecule has 2 aromatic carbocycles. The summed E-state index contributed by atoms with van der Waals surface area (Å²) < 4.78 is 42.1. The van der Waals surface area contributed by atoms with Gasteiger partial charge in [0, 0.05) is 6.42 Å². The maximum absolute atomic E-state index is 12.5. The molecule has 2 aromatic rings. The highest BCUT2D eigenvalue weighted by Gasteiger charge is 2.29. The van der Waals surface area contributed by atoms with Gasteiger partial charge in [-0.3, -0.25) is 4.79 Å². The van der Waals surface area contributed by atoms with E-state index in [1.807, 2.05) is 24.3 Å². The lowest BCUT2D eigenvalue weighted by atomic mass is 10.0. The zero-order chi connectivity index (χ0) is 16.2. The molecule has 2 rings (SSSR count). The summed E-state index contributed by atoms with van der Waals surface area (Å²) in [5.41, 5.74) is 1.86. The topological polar surface area (TPSA) is 26.3 Å². The summed E-state index contributed by atoms with van der Waals surface area (Å²) in [7, 11) is 1.34. The monoisotopic (exact) mass is 308 g/mol. The number of aryl methyl sites for hydroxylation is 1. The van der Waals surface area contributed by atoms with Crippen LogP contribution in [0.25, 0.3) is 11.1 Å². The fraction of sp³-hybridized carbons (Fsp3) is 0.235. The normalized spacial score (nSPS) is 11.3. The van der Waals surface area contributed by atoms with Crippen LogP contribution in [0.15, 0.2) is 48.5 Å². The van der Waals surface area contributed by atoms with E-state index >= 15 is 0 Å². The smallest absolute Gasteiger partial charge is 0.416 e. The first-order chi connectivity index (χ1) is 10.4. The summed E-state index contributed by atoms with van der Waals surface area (Å²) in [6.45, 7) is 0. The number of hydrogen-bond acceptors (Lipinski definition) is 2. The van der Waals surface area contributed by atoms with E-state index in [2.05, 4.69) is 4.74 Å². The van der Waals surface area contributed by atoms with Crippen LogP contribution >= 0.6 is 0 Å². The van der Waals surface area contributed by atoms with E-state index in [0.717, 1.165) is 23.3 Å². The molecule has 0 fully saturated rings. The molecule has 0 unspecified atom stereocenters. The van der Waals surface area contributed by atoms with Crippen molar-refractivity contribution in [1.82, 2.24) is 0 Å². The second-order valence-electron chi connectivity index (χ2n) is 4.85. The summed E-state index contributed by atoms with van der Waals surface area (Å²) in [5.74, 6) is -0.271. The number of esters is 1. The molecule has 0 heterocycles. The minimum absolute atomic E-state index is 0.271. The Morgan fingerprint density at radius 3 is 1.91 bits per heavy atom. The van der Waals surface area contributed by atoms with Crippen LogP contribution in [-0.2, 0) is 22.1 Å². The Bertz CT molecular complexity index is 628. The minimum atomic E-state index is -4.32. The first kappa shape index (κ1) is 16.1. The minimum Gasteiger partial charge on any atom is -0.469 e. The number of rotatable bonds is 4. The van der Waals surface area contributed by atoms with E-state index in [0.29, 0.717) is 18.4 Å². The number of methoxy groups -OCH3 is 1. The van der Waals surface area contributed by atoms with Crippen molar-refractivity contribution in [2.75, 3.05) is 7.11 Å². The SMILES string of the molecule is COC(=O)CCc1ccc(-c2ccc(C(F)(F)F)cc2)cc1. The number of carbonyl (C=O) groups excluding carboxylic acids is 1. The van der Waals surface area contributed by atoms with Crippen LogP contribution in [0.5, 0.6) is 0 Å². The fourth-order valence-corrected chi connectivity index (χ4v) is 2.06. The summed E-state index contributed by atoms with van der Waals surface area (Å²) in [6.07, 6.45) is -3.45. The van der Waals surface area contributed by atoms with Gasteiger partial charge in [0.25, 0.3) is 0 Å². The van der Waals surface area contributed by atoms with Gasteiger partial charge in [0.2, 0.25) is 0 Å². The summed E-state index contributed by atoms with van der Waals surface area (Å²) in [5, 5.41) is 0. The summed E-state index contributed by atoms with van der Waals surface area (Å²) in [6, 6.07) is 12.4. The van der Waals surface area contributed by atoms with E-state index in [4.69, 9.17) is 0 Å². The van der Waals surface area contributed by atoms with Crippen molar-refractivity contribution in [3.63, 3.8) is 0 Å². The molecular formula is C17H15F3O2. The van der Waals surface area contributed by atoms with Crippen molar-refractivity contribution in [3.05, 3.63) is 59.7 Å². The maximum Gasteiger partial charge on any atom is 0.416 e. The van der Waals surface area contributed by atoms with Crippen LogP contribution in [0.1, 0.15) is 17.5 Å². The van der Waals surface area contributed by atoms with Crippen LogP contribution in [0, 0.1) is 0 Å². The number of halogens is 3. The second kappa shape index (κ2) is 6.64. The molecule has 22 heavy (non-hydrogen) atoms. The average molecular weight is 308 g/mol. The zero-order valence-corrected chi connectivity index (χ0v) is 12.0. The number of alkyl halides is 3. The van der Waals surface area contributed by atoms with Crippen LogP contribution < -0.4 is 0 Å². The van der Waals surface area contributed by atoms with Crippen LogP contribution in [0.3, 0.4) is 0 Å². The van der Waals surface area contributed by atoms with E-state index in [9.17, 15) is 18.0 Å². The van der Waals surface area contributed by atoms with Gasteiger partial charge >= 0.3 is 12.1 Å². The van der Waals surface area contributed by atoms with Gasteiger partial charge in [0.1, 0.15) is 0 Å². The van der Waals surface area contributed by atoms with E-state index < -0.39 is 11.7 Å². The van der Waals surface area contributed by atoms with Crippen LogP contribution in [0.4, 0.5) is 13.2 Å². The molecule has 0 aliphatic heterocycles. The predicted molar refractivity (Wildman–Crippen MR) is 77.2 cm³/mol. The van der Waals surface area contributed by atoms with E-state index in [1.54, 1.807) is 0 Å². The Morgan fingerprint density at radius 1 is 0.955 bits per heavy atom. The van der Waals surface area contributed by atoms with Crippen molar-refractivity contribution in [2.24, 2.45) is 0 Å². The van der Waals surface area contributed by atoms with Gasteiger partial charge in [-0.2, -0.15) is 13.2 Å². The molecule has 0 amide bonds. The van der Waals surface area contributed by atoms with Crippen LogP contribution in [-0.4, -0.2) is 13.1 Å². The van der Waals surface area contributed by atoms with Crippen molar-refractivity contribution >= 4 is 5.97 Å². The van der Waals surface area contributed by atoms with Crippen molar-refractivity contribution < 1.29 is 22.7 Å². The molecule has 0 saturated heterocycles. The average Bonchev–Trinajstić information content (AvgIpc) is 2.52. The van der Waals surface area contributed by atoms with E-state index in [-0.39, 0.29) is 5.97 Å². The third-order valence-electron chi connectivity index (χ3n) is 3.34. The molecule has 0 N–H and O–H groups in total. The summed E-state index contributed by atoms with van der Waals surface area (Å²) in [4.78, 5) is 11.1. The Morgan fingerprint density at radius 2 is 1.45 bits per heavy atom. The Kier molecular flexibility index (Phi) is 4.85. The predicted octanol–water partition coefficient (Wildman–Crippen LogP) is 4.48. The molecule has 0 radical (unpaired) electrons. The maximum atomic E-state index is 12.5. The molecule has 0 saturated carbocycles. The molecule has 0 bridgehead atoms. The highest BCUT2D eigenvalue weighted by Crippen LogP contribution is 2.31. The quantitative estimate of drug-likeness (QED) is 0.779. The highest BCUT2D eigenvalue weighted by molar-refractivity contribution is 5.69. The number of benzene rings is 2. The van der Waals surface area contributed by atoms with Gasteiger partial charge in [-0.1, -0.05) is 36.4 Å². The van der Waals surface area contributed by atoms with Crippen molar-refractivity contribution in [2.45, 2.75) is 19.0 Å².